The van der Waals surface area contributed by atoms with Gasteiger partial charge in [0.05, 0.1) is 34.1 Å². The zero-order chi connectivity index (χ0) is 25.2. The van der Waals surface area contributed by atoms with Gasteiger partial charge >= 0.3 is 0 Å². The predicted molar refractivity (Wildman–Crippen MR) is 147 cm³/mol. The molecule has 4 radical (unpaired) electrons. The quantitative estimate of drug-likeness (QED) is 0.168. The number of unbranched alkanes of at least 4 members (excludes halogenated alkanes) is 4. The standard InChI is InChI=1S/C29H41NO5.Sn/c1-7-9-11-13-21-17-23(31-3)19-28(33-5)29(21)35-24-18-26-25(27(20-24)32-4)16-15-22(30(26)34-6)14-12-10-8-2;/h15,17-20H,7-14,16H2,1-6H3;. The largest absolute Gasteiger partial charge is 0.497 e. The molecule has 2 aromatic carbocycles. The summed E-state index contributed by atoms with van der Waals surface area (Å²) >= 11 is 0. The summed E-state index contributed by atoms with van der Waals surface area (Å²) in [5, 5.41) is 1.91. The van der Waals surface area contributed by atoms with Crippen LogP contribution in [0.4, 0.5) is 5.69 Å². The van der Waals surface area contributed by atoms with Crippen LogP contribution in [0.15, 0.2) is 36.0 Å². The number of hydrogen-bond donors (Lipinski definition) is 0. The number of anilines is 1. The summed E-state index contributed by atoms with van der Waals surface area (Å²) in [6.45, 7) is 4.42. The fourth-order valence-electron chi connectivity index (χ4n) is 4.55. The Kier molecular flexibility index (Phi) is 12.8. The number of hydrogen-bond acceptors (Lipinski definition) is 6. The molecule has 0 unspecified atom stereocenters. The van der Waals surface area contributed by atoms with Crippen molar-refractivity contribution < 1.29 is 23.8 Å². The van der Waals surface area contributed by atoms with Crippen LogP contribution in [0.3, 0.4) is 0 Å². The van der Waals surface area contributed by atoms with Crippen molar-refractivity contribution in [2.24, 2.45) is 0 Å². The number of ether oxygens (including phenoxy) is 4. The van der Waals surface area contributed by atoms with E-state index in [2.05, 4.69) is 19.9 Å². The fourth-order valence-corrected chi connectivity index (χ4v) is 4.55. The smallest absolute Gasteiger partial charge is 0.172 e. The van der Waals surface area contributed by atoms with Gasteiger partial charge in [-0.1, -0.05) is 45.6 Å². The van der Waals surface area contributed by atoms with E-state index in [9.17, 15) is 0 Å². The molecule has 0 saturated heterocycles. The first-order valence-electron chi connectivity index (χ1n) is 12.8. The van der Waals surface area contributed by atoms with Gasteiger partial charge in [-0.2, -0.15) is 0 Å². The minimum atomic E-state index is 0. The molecule has 3 rings (SSSR count). The number of nitrogens with zero attached hydrogens (tertiary/aromatic N) is 1. The van der Waals surface area contributed by atoms with Crippen LogP contribution >= 0.6 is 0 Å². The van der Waals surface area contributed by atoms with E-state index in [4.69, 9.17) is 23.8 Å². The van der Waals surface area contributed by atoms with E-state index in [-0.39, 0.29) is 23.9 Å². The van der Waals surface area contributed by atoms with Gasteiger partial charge in [0.15, 0.2) is 11.5 Å². The number of hydroxylamine groups is 1. The van der Waals surface area contributed by atoms with Gasteiger partial charge in [-0.25, -0.2) is 5.06 Å². The number of benzene rings is 2. The molecular formula is C29H41NO5Sn. The van der Waals surface area contributed by atoms with Crippen molar-refractivity contribution in [2.45, 2.75) is 71.6 Å². The van der Waals surface area contributed by atoms with Crippen molar-refractivity contribution >= 4 is 29.6 Å². The van der Waals surface area contributed by atoms with Crippen LogP contribution < -0.4 is 24.0 Å². The molecule has 7 heteroatoms. The molecule has 0 aliphatic carbocycles. The topological polar surface area (TPSA) is 49.4 Å². The molecule has 196 valence electrons. The zero-order valence-electron chi connectivity index (χ0n) is 22.7. The summed E-state index contributed by atoms with van der Waals surface area (Å²) in [6, 6.07) is 7.89. The van der Waals surface area contributed by atoms with Crippen molar-refractivity contribution in [1.82, 2.24) is 0 Å². The minimum Gasteiger partial charge on any atom is -0.497 e. The van der Waals surface area contributed by atoms with E-state index in [1.165, 1.54) is 18.5 Å². The third-order valence-electron chi connectivity index (χ3n) is 6.45. The molecule has 0 atom stereocenters. The maximum Gasteiger partial charge on any atom is 0.172 e. The van der Waals surface area contributed by atoms with Crippen LogP contribution in [0.2, 0.25) is 0 Å². The SMILES string of the molecule is CCCCCC1=CCc2c(OC)cc(Oc3c(CCCCC)cc(OC)cc3OC)cc2N1OC.[Sn]. The van der Waals surface area contributed by atoms with Crippen molar-refractivity contribution in [1.29, 1.82) is 0 Å². The average molecular weight is 602 g/mol. The second-order valence-electron chi connectivity index (χ2n) is 8.83. The van der Waals surface area contributed by atoms with Crippen molar-refractivity contribution in [2.75, 3.05) is 33.5 Å². The van der Waals surface area contributed by atoms with Crippen LogP contribution in [-0.2, 0) is 17.7 Å². The van der Waals surface area contributed by atoms with Gasteiger partial charge in [-0.05, 0) is 38.2 Å². The van der Waals surface area contributed by atoms with Crippen LogP contribution in [0.25, 0.3) is 0 Å². The summed E-state index contributed by atoms with van der Waals surface area (Å²) < 4.78 is 23.5. The molecule has 36 heavy (non-hydrogen) atoms. The second-order valence-corrected chi connectivity index (χ2v) is 8.83. The number of aryl methyl sites for hydroxylation is 1. The maximum atomic E-state index is 6.53. The number of allylic oxidation sites excluding steroid dienone is 2. The number of fused-ring (bicyclic) bond motifs is 1. The van der Waals surface area contributed by atoms with Gasteiger partial charge in [-0.15, -0.1) is 0 Å². The Morgan fingerprint density at radius 1 is 0.750 bits per heavy atom. The Morgan fingerprint density at radius 2 is 1.42 bits per heavy atom. The molecule has 0 N–H and O–H groups in total. The Bertz CT molecular complexity index is 1010. The minimum absolute atomic E-state index is 0. The summed E-state index contributed by atoms with van der Waals surface area (Å²) in [7, 11) is 6.73. The third kappa shape index (κ3) is 7.25. The van der Waals surface area contributed by atoms with E-state index in [1.54, 1.807) is 28.4 Å². The van der Waals surface area contributed by atoms with Gasteiger partial charge in [0.2, 0.25) is 0 Å². The van der Waals surface area contributed by atoms with Gasteiger partial charge < -0.3 is 18.9 Å². The van der Waals surface area contributed by atoms with Crippen molar-refractivity contribution in [3.8, 4) is 28.7 Å². The first-order valence-corrected chi connectivity index (χ1v) is 12.8. The first-order chi connectivity index (χ1) is 17.1. The van der Waals surface area contributed by atoms with E-state index in [1.807, 2.05) is 29.3 Å². The Hall–Kier alpha value is -2.06. The Balaban J connectivity index is 0.00000456. The van der Waals surface area contributed by atoms with E-state index < -0.39 is 0 Å². The molecule has 6 nitrogen and oxygen atoms in total. The molecule has 0 spiro atoms. The maximum absolute atomic E-state index is 6.53. The molecule has 1 heterocycles. The van der Waals surface area contributed by atoms with Crippen LogP contribution in [0, 0.1) is 0 Å². The molecule has 0 amide bonds. The van der Waals surface area contributed by atoms with Gasteiger partial charge in [0.25, 0.3) is 0 Å². The van der Waals surface area contributed by atoms with Gasteiger partial charge in [0.1, 0.15) is 17.2 Å². The molecule has 1 aliphatic rings. The van der Waals surface area contributed by atoms with Crippen LogP contribution in [-0.4, -0.2) is 52.3 Å². The van der Waals surface area contributed by atoms with Gasteiger partial charge in [0, 0.05) is 58.9 Å². The van der Waals surface area contributed by atoms with E-state index >= 15 is 0 Å². The molecule has 0 saturated carbocycles. The number of rotatable bonds is 14. The first kappa shape index (κ1) is 30.2. The molecule has 1 aliphatic heterocycles. The van der Waals surface area contributed by atoms with Crippen LogP contribution in [0.5, 0.6) is 28.7 Å². The summed E-state index contributed by atoms with van der Waals surface area (Å²) in [5.74, 6) is 3.58. The average Bonchev–Trinajstić information content (AvgIpc) is 2.88. The Labute approximate surface area is 233 Å². The van der Waals surface area contributed by atoms with Crippen molar-refractivity contribution in [3.05, 3.63) is 47.2 Å². The molecule has 0 bridgehead atoms. The molecular weight excluding hydrogens is 561 g/mol. The van der Waals surface area contributed by atoms with E-state index in [0.717, 1.165) is 73.3 Å². The Morgan fingerprint density at radius 3 is 2.03 bits per heavy atom. The summed E-state index contributed by atoms with van der Waals surface area (Å²) in [4.78, 5) is 5.84. The summed E-state index contributed by atoms with van der Waals surface area (Å²) in [6.07, 6.45) is 11.8. The fraction of sp³-hybridized carbons (Fsp3) is 0.517. The monoisotopic (exact) mass is 603 g/mol. The summed E-state index contributed by atoms with van der Waals surface area (Å²) in [5.41, 5.74) is 4.28. The number of methoxy groups -OCH3 is 3. The third-order valence-corrected chi connectivity index (χ3v) is 6.45. The van der Waals surface area contributed by atoms with Gasteiger partial charge in [-0.3, -0.25) is 4.84 Å². The molecule has 2 aromatic rings. The van der Waals surface area contributed by atoms with Crippen LogP contribution in [0.1, 0.15) is 69.9 Å². The molecule has 0 fully saturated rings. The van der Waals surface area contributed by atoms with Crippen molar-refractivity contribution in [3.63, 3.8) is 0 Å². The van der Waals surface area contributed by atoms with E-state index in [0.29, 0.717) is 17.2 Å². The second kappa shape index (κ2) is 15.3. The normalized spacial score (nSPS) is 12.4. The molecule has 0 aromatic heterocycles. The zero-order valence-corrected chi connectivity index (χ0v) is 25.6. The predicted octanol–water partition coefficient (Wildman–Crippen LogP) is 7.24.